The summed E-state index contributed by atoms with van der Waals surface area (Å²) in [5.41, 5.74) is 0.319. The summed E-state index contributed by atoms with van der Waals surface area (Å²) in [5, 5.41) is 12.9. The number of esters is 1. The third-order valence-corrected chi connectivity index (χ3v) is 6.22. The molecule has 8 heteroatoms. The predicted molar refractivity (Wildman–Crippen MR) is 94.7 cm³/mol. The van der Waals surface area contributed by atoms with Crippen LogP contribution in [-0.4, -0.2) is 65.5 Å². The Hall–Kier alpha value is -0.773. The van der Waals surface area contributed by atoms with Crippen LogP contribution in [0.15, 0.2) is 12.2 Å². The number of nitrogens with one attached hydrogen (secondary N) is 1. The first kappa shape index (κ1) is 23.2. The highest BCUT2D eigenvalue weighted by Crippen LogP contribution is 2.17. The summed E-state index contributed by atoms with van der Waals surface area (Å²) in [6.07, 6.45) is 0.0609. The molecule has 0 fully saturated rings. The fourth-order valence-corrected chi connectivity index (χ4v) is 4.67. The van der Waals surface area contributed by atoms with Gasteiger partial charge in [-0.1, -0.05) is 6.58 Å². The molecule has 0 saturated heterocycles. The maximum atomic E-state index is 11.2. The highest BCUT2D eigenvalue weighted by atomic mass is 28.4. The molecule has 0 radical (unpaired) electrons. The van der Waals surface area contributed by atoms with Crippen molar-refractivity contribution < 1.29 is 27.9 Å². The molecule has 0 heterocycles. The number of hydrogen-bond acceptors (Lipinski definition) is 7. The van der Waals surface area contributed by atoms with Crippen molar-refractivity contribution in [1.82, 2.24) is 5.32 Å². The number of hydrogen-bond donors (Lipinski definition) is 2. The monoisotopic (exact) mass is 363 g/mol. The summed E-state index contributed by atoms with van der Waals surface area (Å²) in [6.45, 7) is 13.5. The maximum Gasteiger partial charge on any atom is 0.500 e. The Morgan fingerprint density at radius 3 is 2.17 bits per heavy atom. The third-order valence-electron chi connectivity index (χ3n) is 3.06. The molecule has 0 aromatic carbocycles. The molecule has 7 nitrogen and oxygen atoms in total. The Balaban J connectivity index is 4.03. The molecule has 0 aliphatic rings. The van der Waals surface area contributed by atoms with Gasteiger partial charge in [-0.25, -0.2) is 4.79 Å². The molecule has 0 bridgehead atoms. The van der Waals surface area contributed by atoms with Crippen LogP contribution in [0.25, 0.3) is 0 Å². The second-order valence-corrected chi connectivity index (χ2v) is 8.05. The van der Waals surface area contributed by atoms with E-state index < -0.39 is 20.9 Å². The molecule has 0 spiro atoms. The van der Waals surface area contributed by atoms with Gasteiger partial charge < -0.3 is 28.4 Å². The van der Waals surface area contributed by atoms with Crippen molar-refractivity contribution in [1.29, 1.82) is 0 Å². The van der Waals surface area contributed by atoms with E-state index in [4.69, 9.17) is 18.0 Å². The van der Waals surface area contributed by atoms with Crippen molar-refractivity contribution in [2.75, 3.05) is 39.5 Å². The fourth-order valence-electron chi connectivity index (χ4n) is 2.05. The first-order valence-corrected chi connectivity index (χ1v) is 10.5. The normalized spacial score (nSPS) is 12.9. The summed E-state index contributed by atoms with van der Waals surface area (Å²) >= 11 is 0. The van der Waals surface area contributed by atoms with Crippen molar-refractivity contribution >= 4 is 14.8 Å². The van der Waals surface area contributed by atoms with E-state index in [1.54, 1.807) is 6.92 Å². The highest BCUT2D eigenvalue weighted by Gasteiger charge is 2.39. The molecule has 0 aromatic heterocycles. The van der Waals surface area contributed by atoms with Gasteiger partial charge >= 0.3 is 14.8 Å². The van der Waals surface area contributed by atoms with Crippen LogP contribution in [0.3, 0.4) is 0 Å². The van der Waals surface area contributed by atoms with Gasteiger partial charge in [0.05, 0.1) is 0 Å². The van der Waals surface area contributed by atoms with Gasteiger partial charge in [0.1, 0.15) is 12.7 Å². The molecule has 0 saturated carbocycles. The Kier molecular flexibility index (Phi) is 13.1. The number of carbonyl (C=O) groups excluding carboxylic acids is 1. The van der Waals surface area contributed by atoms with Crippen LogP contribution in [0.5, 0.6) is 0 Å². The summed E-state index contributed by atoms with van der Waals surface area (Å²) < 4.78 is 22.2. The van der Waals surface area contributed by atoms with Crippen LogP contribution < -0.4 is 5.32 Å². The van der Waals surface area contributed by atoms with E-state index >= 15 is 0 Å². The number of ether oxygens (including phenoxy) is 1. The molecule has 24 heavy (non-hydrogen) atoms. The van der Waals surface area contributed by atoms with Gasteiger partial charge in [0.2, 0.25) is 0 Å². The fraction of sp³-hybridized carbons (Fsp3) is 0.812. The minimum atomic E-state index is -2.60. The maximum absolute atomic E-state index is 11.2. The largest absolute Gasteiger partial charge is 0.500 e. The third kappa shape index (κ3) is 10.2. The molecule has 0 rings (SSSR count). The van der Waals surface area contributed by atoms with Gasteiger partial charge in [0.15, 0.2) is 0 Å². The average molecular weight is 364 g/mol. The van der Waals surface area contributed by atoms with Crippen LogP contribution in [0.4, 0.5) is 0 Å². The number of aliphatic hydroxyl groups is 1. The first-order valence-electron chi connectivity index (χ1n) is 8.54. The Labute approximate surface area is 146 Å². The van der Waals surface area contributed by atoms with E-state index in [2.05, 4.69) is 11.9 Å². The first-order chi connectivity index (χ1) is 11.4. The van der Waals surface area contributed by atoms with Crippen LogP contribution >= 0.6 is 0 Å². The Bertz CT molecular complexity index is 349. The van der Waals surface area contributed by atoms with E-state index in [1.165, 1.54) is 0 Å². The van der Waals surface area contributed by atoms with E-state index in [9.17, 15) is 9.90 Å². The molecular weight excluding hydrogens is 330 g/mol. The van der Waals surface area contributed by atoms with Gasteiger partial charge in [-0.15, -0.1) is 0 Å². The molecule has 2 N–H and O–H groups in total. The summed E-state index contributed by atoms with van der Waals surface area (Å²) in [7, 11) is -2.60. The Morgan fingerprint density at radius 1 is 1.17 bits per heavy atom. The minimum Gasteiger partial charge on any atom is -0.460 e. The van der Waals surface area contributed by atoms with E-state index in [0.717, 1.165) is 12.5 Å². The zero-order valence-corrected chi connectivity index (χ0v) is 16.4. The van der Waals surface area contributed by atoms with Gasteiger partial charge in [0.25, 0.3) is 0 Å². The molecule has 142 valence electrons. The molecule has 1 atom stereocenters. The predicted octanol–water partition coefficient (Wildman–Crippen LogP) is 1.49. The lowest BCUT2D eigenvalue weighted by Gasteiger charge is -2.28. The van der Waals surface area contributed by atoms with Crippen molar-refractivity contribution in [3.63, 3.8) is 0 Å². The smallest absolute Gasteiger partial charge is 0.460 e. The molecule has 0 aliphatic carbocycles. The zero-order valence-electron chi connectivity index (χ0n) is 15.4. The van der Waals surface area contributed by atoms with Crippen molar-refractivity contribution in [3.05, 3.63) is 12.2 Å². The highest BCUT2D eigenvalue weighted by molar-refractivity contribution is 6.60. The van der Waals surface area contributed by atoms with Crippen LogP contribution in [0.2, 0.25) is 6.04 Å². The summed E-state index contributed by atoms with van der Waals surface area (Å²) in [6, 6.07) is 0.719. The van der Waals surface area contributed by atoms with Crippen molar-refractivity contribution in [2.45, 2.75) is 46.3 Å². The second kappa shape index (κ2) is 13.5. The summed E-state index contributed by atoms with van der Waals surface area (Å²) in [5.74, 6) is -0.491. The van der Waals surface area contributed by atoms with Crippen LogP contribution in [0, 0.1) is 0 Å². The molecule has 0 aliphatic heterocycles. The molecule has 0 aromatic rings. The van der Waals surface area contributed by atoms with Crippen molar-refractivity contribution in [3.8, 4) is 0 Å². The van der Waals surface area contributed by atoms with Gasteiger partial charge in [-0.3, -0.25) is 0 Å². The average Bonchev–Trinajstić information content (AvgIpc) is 2.52. The van der Waals surface area contributed by atoms with Gasteiger partial charge in [0, 0.05) is 38.0 Å². The quantitative estimate of drug-likeness (QED) is 0.197. The lowest BCUT2D eigenvalue weighted by molar-refractivity contribution is -0.141. The zero-order chi connectivity index (χ0) is 18.4. The number of rotatable bonds is 15. The second-order valence-electron chi connectivity index (χ2n) is 5.32. The molecular formula is C16H33NO6Si. The Morgan fingerprint density at radius 2 is 1.71 bits per heavy atom. The van der Waals surface area contributed by atoms with E-state index in [0.29, 0.717) is 38.5 Å². The lowest BCUT2D eigenvalue weighted by Crippen LogP contribution is -2.46. The number of aliphatic hydroxyl groups excluding tert-OH is 1. The lowest BCUT2D eigenvalue weighted by atomic mass is 10.3. The molecule has 0 amide bonds. The minimum absolute atomic E-state index is 0.0474. The van der Waals surface area contributed by atoms with Crippen LogP contribution in [-0.2, 0) is 22.8 Å². The van der Waals surface area contributed by atoms with E-state index in [1.807, 2.05) is 20.8 Å². The van der Waals surface area contributed by atoms with Gasteiger partial charge in [-0.2, -0.15) is 0 Å². The van der Waals surface area contributed by atoms with Gasteiger partial charge in [-0.05, 0) is 40.7 Å². The van der Waals surface area contributed by atoms with Crippen molar-refractivity contribution in [2.24, 2.45) is 0 Å². The van der Waals surface area contributed by atoms with Crippen LogP contribution in [0.1, 0.15) is 34.1 Å². The topological polar surface area (TPSA) is 86.3 Å². The SMILES string of the molecule is C=C(C)C(=O)OC[C@@H](O)CNCCC[Si](OCC)(OCC)OCC. The molecule has 0 unspecified atom stereocenters. The number of carbonyl (C=O) groups is 1. The summed E-state index contributed by atoms with van der Waals surface area (Å²) in [4.78, 5) is 11.2. The van der Waals surface area contributed by atoms with E-state index in [-0.39, 0.29) is 6.61 Å². The standard InChI is InChI=1S/C16H33NO6Si/c1-6-21-24(22-7-2,23-8-3)11-9-10-17-12-15(18)13-20-16(19)14(4)5/h15,17-18H,4,6-13H2,1-3,5H3/t15-/m0/s1.